The first-order valence-corrected chi connectivity index (χ1v) is 5.62. The number of hydrogen-bond acceptors (Lipinski definition) is 2. The van der Waals surface area contributed by atoms with Crippen LogP contribution < -0.4 is 5.32 Å². The van der Waals surface area contributed by atoms with Gasteiger partial charge in [0, 0.05) is 13.1 Å². The number of rotatable bonds is 3. The van der Waals surface area contributed by atoms with Crippen LogP contribution in [0.5, 0.6) is 0 Å². The van der Waals surface area contributed by atoms with Crippen LogP contribution in [0.2, 0.25) is 0 Å². The molecule has 1 aliphatic rings. The maximum absolute atomic E-state index is 11.7. The molecule has 0 saturated carbocycles. The van der Waals surface area contributed by atoms with Gasteiger partial charge < -0.3 is 10.2 Å². The molecule has 0 aromatic heterocycles. The zero-order valence-corrected chi connectivity index (χ0v) is 9.55. The lowest BCUT2D eigenvalue weighted by Crippen LogP contribution is -2.46. The largest absolute Gasteiger partial charge is 0.341 e. The minimum absolute atomic E-state index is 0.255. The number of amides is 1. The third-order valence-corrected chi connectivity index (χ3v) is 2.75. The molecular weight excluding hydrogens is 176 g/mol. The summed E-state index contributed by atoms with van der Waals surface area (Å²) in [7, 11) is 0. The number of piperidine rings is 1. The van der Waals surface area contributed by atoms with Gasteiger partial charge in [0.1, 0.15) is 0 Å². The van der Waals surface area contributed by atoms with Gasteiger partial charge in [0.15, 0.2) is 0 Å². The standard InChI is InChI=1S/C11H22N2O/c1-4-12-6-11(14)13-7-9(2)5-10(3)8-13/h9-10,12H,4-8H2,1-3H3. The molecule has 1 fully saturated rings. The number of nitrogens with zero attached hydrogens (tertiary/aromatic N) is 1. The third-order valence-electron chi connectivity index (χ3n) is 2.75. The molecule has 1 N–H and O–H groups in total. The highest BCUT2D eigenvalue weighted by molar-refractivity contribution is 5.78. The van der Waals surface area contributed by atoms with Gasteiger partial charge in [0.2, 0.25) is 5.91 Å². The maximum Gasteiger partial charge on any atom is 0.236 e. The number of hydrogen-bond donors (Lipinski definition) is 1. The molecule has 1 aliphatic heterocycles. The molecule has 3 nitrogen and oxygen atoms in total. The Morgan fingerprint density at radius 1 is 1.36 bits per heavy atom. The molecule has 0 radical (unpaired) electrons. The minimum Gasteiger partial charge on any atom is -0.341 e. The minimum atomic E-state index is 0.255. The van der Waals surface area contributed by atoms with E-state index in [0.717, 1.165) is 19.6 Å². The molecule has 2 atom stereocenters. The highest BCUT2D eigenvalue weighted by Gasteiger charge is 2.24. The van der Waals surface area contributed by atoms with Crippen LogP contribution >= 0.6 is 0 Å². The summed E-state index contributed by atoms with van der Waals surface area (Å²) in [5.74, 6) is 1.57. The van der Waals surface area contributed by atoms with Crippen LogP contribution in [-0.2, 0) is 4.79 Å². The Hall–Kier alpha value is -0.570. The molecule has 82 valence electrons. The number of likely N-dealkylation sites (tertiary alicyclic amines) is 1. The molecule has 0 aromatic rings. The zero-order chi connectivity index (χ0) is 10.6. The average Bonchev–Trinajstić information content (AvgIpc) is 2.12. The van der Waals surface area contributed by atoms with Crippen molar-refractivity contribution >= 4 is 5.91 Å². The van der Waals surface area contributed by atoms with Crippen molar-refractivity contribution in [1.29, 1.82) is 0 Å². The van der Waals surface area contributed by atoms with Gasteiger partial charge >= 0.3 is 0 Å². The lowest BCUT2D eigenvalue weighted by atomic mass is 9.92. The Morgan fingerprint density at radius 3 is 2.43 bits per heavy atom. The fraction of sp³-hybridized carbons (Fsp3) is 0.909. The van der Waals surface area contributed by atoms with Crippen molar-refractivity contribution in [2.45, 2.75) is 27.2 Å². The molecule has 1 amide bonds. The first-order valence-electron chi connectivity index (χ1n) is 5.62. The van der Waals surface area contributed by atoms with Gasteiger partial charge in [0.05, 0.1) is 6.54 Å². The van der Waals surface area contributed by atoms with Crippen LogP contribution in [0.3, 0.4) is 0 Å². The average molecular weight is 198 g/mol. The first kappa shape index (κ1) is 11.5. The summed E-state index contributed by atoms with van der Waals surface area (Å²) in [5, 5.41) is 3.08. The normalized spacial score (nSPS) is 27.8. The number of carbonyl (C=O) groups is 1. The third kappa shape index (κ3) is 3.29. The van der Waals surface area contributed by atoms with Gasteiger partial charge in [-0.15, -0.1) is 0 Å². The maximum atomic E-state index is 11.7. The molecule has 0 spiro atoms. The highest BCUT2D eigenvalue weighted by Crippen LogP contribution is 2.20. The molecular formula is C11H22N2O. The van der Waals surface area contributed by atoms with Crippen molar-refractivity contribution in [2.24, 2.45) is 11.8 Å². The highest BCUT2D eigenvalue weighted by atomic mass is 16.2. The van der Waals surface area contributed by atoms with E-state index < -0.39 is 0 Å². The quantitative estimate of drug-likeness (QED) is 0.736. The molecule has 0 aliphatic carbocycles. The smallest absolute Gasteiger partial charge is 0.236 e. The Bertz CT molecular complexity index is 184. The SMILES string of the molecule is CCNCC(=O)N1CC(C)CC(C)C1. The van der Waals surface area contributed by atoms with Crippen LogP contribution in [0.4, 0.5) is 0 Å². The van der Waals surface area contributed by atoms with Gasteiger partial charge in [-0.25, -0.2) is 0 Å². The van der Waals surface area contributed by atoms with Crippen molar-refractivity contribution in [1.82, 2.24) is 10.2 Å². The topological polar surface area (TPSA) is 32.3 Å². The molecule has 1 heterocycles. The Morgan fingerprint density at radius 2 is 1.93 bits per heavy atom. The zero-order valence-electron chi connectivity index (χ0n) is 9.55. The van der Waals surface area contributed by atoms with Crippen LogP contribution in [0.15, 0.2) is 0 Å². The van der Waals surface area contributed by atoms with Gasteiger partial charge in [-0.05, 0) is 24.8 Å². The van der Waals surface area contributed by atoms with Crippen LogP contribution in [0, 0.1) is 11.8 Å². The summed E-state index contributed by atoms with van der Waals surface area (Å²) in [5.41, 5.74) is 0. The van der Waals surface area contributed by atoms with Gasteiger partial charge in [-0.1, -0.05) is 20.8 Å². The van der Waals surface area contributed by atoms with E-state index in [4.69, 9.17) is 0 Å². The van der Waals surface area contributed by atoms with Gasteiger partial charge in [-0.2, -0.15) is 0 Å². The molecule has 14 heavy (non-hydrogen) atoms. The fourth-order valence-electron chi connectivity index (χ4n) is 2.21. The molecule has 2 unspecified atom stereocenters. The molecule has 1 saturated heterocycles. The van der Waals surface area contributed by atoms with E-state index in [0.29, 0.717) is 18.4 Å². The van der Waals surface area contributed by atoms with Crippen molar-refractivity contribution in [3.63, 3.8) is 0 Å². The summed E-state index contributed by atoms with van der Waals surface area (Å²) in [6.45, 7) is 9.71. The van der Waals surface area contributed by atoms with E-state index in [1.165, 1.54) is 6.42 Å². The second-order valence-electron chi connectivity index (χ2n) is 4.53. The van der Waals surface area contributed by atoms with E-state index in [1.807, 2.05) is 11.8 Å². The Kier molecular flexibility index (Phi) is 4.39. The summed E-state index contributed by atoms with van der Waals surface area (Å²) in [4.78, 5) is 13.7. The van der Waals surface area contributed by atoms with Crippen LogP contribution in [0.1, 0.15) is 27.2 Å². The van der Waals surface area contributed by atoms with Gasteiger partial charge in [-0.3, -0.25) is 4.79 Å². The van der Waals surface area contributed by atoms with Crippen molar-refractivity contribution in [3.8, 4) is 0 Å². The summed E-state index contributed by atoms with van der Waals surface area (Å²) in [6.07, 6.45) is 1.25. The van der Waals surface area contributed by atoms with E-state index >= 15 is 0 Å². The van der Waals surface area contributed by atoms with Gasteiger partial charge in [0.25, 0.3) is 0 Å². The lowest BCUT2D eigenvalue weighted by molar-refractivity contribution is -0.132. The van der Waals surface area contributed by atoms with E-state index in [1.54, 1.807) is 0 Å². The second-order valence-corrected chi connectivity index (χ2v) is 4.53. The van der Waals surface area contributed by atoms with Crippen LogP contribution in [-0.4, -0.2) is 37.0 Å². The molecule has 3 heteroatoms. The monoisotopic (exact) mass is 198 g/mol. The summed E-state index contributed by atoms with van der Waals surface area (Å²) in [6, 6.07) is 0. The number of carbonyl (C=O) groups excluding carboxylic acids is 1. The molecule has 1 rings (SSSR count). The van der Waals surface area contributed by atoms with Crippen molar-refractivity contribution in [2.75, 3.05) is 26.2 Å². The molecule has 0 aromatic carbocycles. The van der Waals surface area contributed by atoms with E-state index in [-0.39, 0.29) is 5.91 Å². The van der Waals surface area contributed by atoms with E-state index in [2.05, 4.69) is 19.2 Å². The predicted octanol–water partition coefficient (Wildman–Crippen LogP) is 1.10. The predicted molar refractivity (Wildman–Crippen MR) is 58.1 cm³/mol. The number of nitrogens with one attached hydrogen (secondary N) is 1. The Labute approximate surface area is 86.9 Å². The number of likely N-dealkylation sites (N-methyl/N-ethyl adjacent to an activating group) is 1. The van der Waals surface area contributed by atoms with Crippen molar-refractivity contribution in [3.05, 3.63) is 0 Å². The fourth-order valence-corrected chi connectivity index (χ4v) is 2.21. The van der Waals surface area contributed by atoms with Crippen molar-refractivity contribution < 1.29 is 4.79 Å². The summed E-state index contributed by atoms with van der Waals surface area (Å²) < 4.78 is 0. The molecule has 0 bridgehead atoms. The van der Waals surface area contributed by atoms with E-state index in [9.17, 15) is 4.79 Å². The first-order chi connectivity index (χ1) is 6.63. The Balaban J connectivity index is 2.38. The lowest BCUT2D eigenvalue weighted by Gasteiger charge is -2.35. The van der Waals surface area contributed by atoms with Crippen LogP contribution in [0.25, 0.3) is 0 Å². The summed E-state index contributed by atoms with van der Waals surface area (Å²) >= 11 is 0. The second kappa shape index (κ2) is 5.35.